The van der Waals surface area contributed by atoms with Gasteiger partial charge in [0.15, 0.2) is 0 Å². The van der Waals surface area contributed by atoms with E-state index < -0.39 is 11.7 Å². The molecular weight excluding hydrogens is 360 g/mol. The first-order valence-electron chi connectivity index (χ1n) is 5.51. The number of hydrogen-bond donors (Lipinski definition) is 0. The number of halogens is 2. The summed E-state index contributed by atoms with van der Waals surface area (Å²) in [7, 11) is 1.40. The van der Waals surface area contributed by atoms with Crippen molar-refractivity contribution in [2.75, 3.05) is 12.2 Å². The predicted molar refractivity (Wildman–Crippen MR) is 79.4 cm³/mol. The highest BCUT2D eigenvalue weighted by molar-refractivity contribution is 14.1. The molecule has 0 atom stereocenters. The fourth-order valence-electron chi connectivity index (χ4n) is 1.62. The number of benzene rings is 2. The second-order valence-electron chi connectivity index (χ2n) is 3.77. The Labute approximate surface area is 124 Å². The Morgan fingerprint density at radius 3 is 2.47 bits per heavy atom. The van der Waals surface area contributed by atoms with Crippen LogP contribution in [0.3, 0.4) is 0 Å². The van der Waals surface area contributed by atoms with Crippen LogP contribution in [0.25, 0.3) is 0 Å². The molecule has 0 saturated heterocycles. The standard InChI is InChI=1S/C14H11FINO2/c1-19-17(13-7-5-12(16)6-8-13)14(18)10-3-2-4-11(15)9-10/h2-9H,1H3. The summed E-state index contributed by atoms with van der Waals surface area (Å²) in [5.41, 5.74) is 0.831. The zero-order valence-corrected chi connectivity index (χ0v) is 12.3. The fourth-order valence-corrected chi connectivity index (χ4v) is 1.98. The van der Waals surface area contributed by atoms with Crippen LogP contribution in [0.15, 0.2) is 48.5 Å². The molecule has 0 N–H and O–H groups in total. The van der Waals surface area contributed by atoms with Crippen LogP contribution in [-0.4, -0.2) is 13.0 Å². The smallest absolute Gasteiger partial charge is 0.269 e. The largest absolute Gasteiger partial charge is 0.282 e. The van der Waals surface area contributed by atoms with Crippen molar-refractivity contribution < 1.29 is 14.0 Å². The van der Waals surface area contributed by atoms with Crippen molar-refractivity contribution in [1.82, 2.24) is 0 Å². The normalized spacial score (nSPS) is 10.3. The number of hydroxylamine groups is 1. The van der Waals surface area contributed by atoms with E-state index in [4.69, 9.17) is 4.84 Å². The third-order valence-corrected chi connectivity index (χ3v) is 3.22. The molecule has 98 valence electrons. The zero-order chi connectivity index (χ0) is 13.8. The van der Waals surface area contributed by atoms with E-state index in [0.717, 1.165) is 8.63 Å². The topological polar surface area (TPSA) is 29.5 Å². The van der Waals surface area contributed by atoms with E-state index in [1.807, 2.05) is 12.1 Å². The SMILES string of the molecule is CON(C(=O)c1cccc(F)c1)c1ccc(I)cc1. The summed E-state index contributed by atoms with van der Waals surface area (Å²) in [5, 5.41) is 1.13. The molecule has 0 fully saturated rings. The zero-order valence-electron chi connectivity index (χ0n) is 10.1. The van der Waals surface area contributed by atoms with Crippen LogP contribution in [0, 0.1) is 9.39 Å². The van der Waals surface area contributed by atoms with Gasteiger partial charge in [0.1, 0.15) is 5.82 Å². The number of rotatable bonds is 3. The minimum Gasteiger partial charge on any atom is -0.269 e. The lowest BCUT2D eigenvalue weighted by Gasteiger charge is -2.19. The Morgan fingerprint density at radius 1 is 1.21 bits per heavy atom. The highest BCUT2D eigenvalue weighted by Gasteiger charge is 2.18. The maximum atomic E-state index is 13.1. The molecule has 0 heterocycles. The molecule has 0 saturated carbocycles. The molecule has 5 heteroatoms. The second-order valence-corrected chi connectivity index (χ2v) is 5.01. The average Bonchev–Trinajstić information content (AvgIpc) is 2.41. The van der Waals surface area contributed by atoms with Gasteiger partial charge in [0.25, 0.3) is 5.91 Å². The number of nitrogens with zero attached hydrogens (tertiary/aromatic N) is 1. The molecule has 0 aliphatic heterocycles. The number of hydrogen-bond acceptors (Lipinski definition) is 2. The molecule has 0 aromatic heterocycles. The summed E-state index contributed by atoms with van der Waals surface area (Å²) in [4.78, 5) is 17.3. The van der Waals surface area contributed by atoms with Gasteiger partial charge in [0.05, 0.1) is 12.8 Å². The van der Waals surface area contributed by atoms with E-state index >= 15 is 0 Å². The highest BCUT2D eigenvalue weighted by Crippen LogP contribution is 2.19. The van der Waals surface area contributed by atoms with E-state index in [0.29, 0.717) is 5.69 Å². The quantitative estimate of drug-likeness (QED) is 0.609. The van der Waals surface area contributed by atoms with Crippen LogP contribution < -0.4 is 5.06 Å². The van der Waals surface area contributed by atoms with Crippen molar-refractivity contribution >= 4 is 34.2 Å². The molecule has 2 aromatic carbocycles. The maximum absolute atomic E-state index is 13.1. The fraction of sp³-hybridized carbons (Fsp3) is 0.0714. The summed E-state index contributed by atoms with van der Waals surface area (Å²) >= 11 is 2.17. The summed E-state index contributed by atoms with van der Waals surface area (Å²) in [6.45, 7) is 0. The second kappa shape index (κ2) is 6.12. The van der Waals surface area contributed by atoms with Gasteiger partial charge in [-0.3, -0.25) is 9.63 Å². The van der Waals surface area contributed by atoms with Crippen LogP contribution in [0.5, 0.6) is 0 Å². The maximum Gasteiger partial charge on any atom is 0.282 e. The Kier molecular flexibility index (Phi) is 4.49. The van der Waals surface area contributed by atoms with Crippen LogP contribution in [0.4, 0.5) is 10.1 Å². The van der Waals surface area contributed by atoms with Crippen molar-refractivity contribution in [3.05, 3.63) is 63.5 Å². The lowest BCUT2D eigenvalue weighted by molar-refractivity contribution is 0.0773. The molecular formula is C14H11FINO2. The minimum absolute atomic E-state index is 0.236. The van der Waals surface area contributed by atoms with Crippen molar-refractivity contribution in [3.63, 3.8) is 0 Å². The molecule has 0 radical (unpaired) electrons. The van der Waals surface area contributed by atoms with Gasteiger partial charge in [-0.2, -0.15) is 5.06 Å². The molecule has 2 rings (SSSR count). The first-order chi connectivity index (χ1) is 9.11. The Bertz CT molecular complexity index is 586. The number of carbonyl (C=O) groups is 1. The van der Waals surface area contributed by atoms with Gasteiger partial charge in [-0.1, -0.05) is 6.07 Å². The van der Waals surface area contributed by atoms with Gasteiger partial charge in [-0.15, -0.1) is 0 Å². The molecule has 0 unspecified atom stereocenters. The molecule has 0 aliphatic carbocycles. The van der Waals surface area contributed by atoms with Gasteiger partial charge in [0.2, 0.25) is 0 Å². The summed E-state index contributed by atoms with van der Waals surface area (Å²) in [6.07, 6.45) is 0. The van der Waals surface area contributed by atoms with E-state index in [2.05, 4.69) is 22.6 Å². The number of amides is 1. The van der Waals surface area contributed by atoms with Crippen molar-refractivity contribution in [2.24, 2.45) is 0 Å². The lowest BCUT2D eigenvalue weighted by atomic mass is 10.2. The van der Waals surface area contributed by atoms with E-state index in [1.54, 1.807) is 18.2 Å². The first-order valence-corrected chi connectivity index (χ1v) is 6.59. The van der Waals surface area contributed by atoms with Crippen LogP contribution in [0.2, 0.25) is 0 Å². The third kappa shape index (κ3) is 3.30. The van der Waals surface area contributed by atoms with Gasteiger partial charge in [0, 0.05) is 9.13 Å². The molecule has 2 aromatic rings. The molecule has 0 bridgehead atoms. The highest BCUT2D eigenvalue weighted by atomic mass is 127. The summed E-state index contributed by atoms with van der Waals surface area (Å²) < 4.78 is 14.2. The van der Waals surface area contributed by atoms with Crippen LogP contribution in [-0.2, 0) is 4.84 Å². The van der Waals surface area contributed by atoms with Crippen molar-refractivity contribution in [1.29, 1.82) is 0 Å². The van der Waals surface area contributed by atoms with Crippen molar-refractivity contribution in [3.8, 4) is 0 Å². The van der Waals surface area contributed by atoms with E-state index in [1.165, 1.54) is 25.3 Å². The minimum atomic E-state index is -0.454. The van der Waals surface area contributed by atoms with E-state index in [-0.39, 0.29) is 5.56 Å². The Morgan fingerprint density at radius 2 is 1.89 bits per heavy atom. The Balaban J connectivity index is 2.31. The lowest BCUT2D eigenvalue weighted by Crippen LogP contribution is -2.29. The van der Waals surface area contributed by atoms with Gasteiger partial charge >= 0.3 is 0 Å². The first kappa shape index (κ1) is 14.0. The predicted octanol–water partition coefficient (Wildman–Crippen LogP) is 3.64. The van der Waals surface area contributed by atoms with Crippen LogP contribution >= 0.6 is 22.6 Å². The number of carbonyl (C=O) groups excluding carboxylic acids is 1. The Hall–Kier alpha value is -1.47. The van der Waals surface area contributed by atoms with Gasteiger partial charge in [-0.05, 0) is 65.1 Å². The average molecular weight is 371 g/mol. The molecule has 3 nitrogen and oxygen atoms in total. The van der Waals surface area contributed by atoms with Crippen LogP contribution in [0.1, 0.15) is 10.4 Å². The molecule has 0 spiro atoms. The number of anilines is 1. The molecule has 0 aliphatic rings. The summed E-state index contributed by atoms with van der Waals surface area (Å²) in [6, 6.07) is 12.8. The third-order valence-electron chi connectivity index (χ3n) is 2.50. The molecule has 1 amide bonds. The molecule has 19 heavy (non-hydrogen) atoms. The van der Waals surface area contributed by atoms with E-state index in [9.17, 15) is 9.18 Å². The summed E-state index contributed by atoms with van der Waals surface area (Å²) in [5.74, 6) is -0.868. The monoisotopic (exact) mass is 371 g/mol. The van der Waals surface area contributed by atoms with Gasteiger partial charge < -0.3 is 0 Å². The van der Waals surface area contributed by atoms with Gasteiger partial charge in [-0.25, -0.2) is 4.39 Å². The van der Waals surface area contributed by atoms with Crippen molar-refractivity contribution in [2.45, 2.75) is 0 Å².